The molecule has 1 heterocycles. The lowest BCUT2D eigenvalue weighted by molar-refractivity contribution is -0.124. The maximum absolute atomic E-state index is 13.9. The standard InChI is InChI=1S/C36H44FN3O4/c1-43-32-14-8-13-29(22-32)35(41)39-33(17-15-26-9-4-2-5-10-26)36(42)38-31(25-44-24-27-11-6-3-7-12-27)23-40-20-19-28-21-30(37)16-18-34(28)40/h3,6-8,11-14,16,18,21-22,26,31,33H,2,4-5,9-10,15,17,19-20,23-25H2,1H3,(H,38,42)(H,39,41)/t31-,33+/m1/s1. The molecule has 0 radical (unpaired) electrons. The molecule has 1 aliphatic heterocycles. The minimum absolute atomic E-state index is 0.219. The first-order valence-electron chi connectivity index (χ1n) is 15.9. The maximum Gasteiger partial charge on any atom is 0.252 e. The number of carbonyl (C=O) groups excluding carboxylic acids is 2. The van der Waals surface area contributed by atoms with Crippen LogP contribution in [0, 0.1) is 11.7 Å². The number of rotatable bonds is 14. The second-order valence-corrected chi connectivity index (χ2v) is 12.0. The van der Waals surface area contributed by atoms with Crippen LogP contribution in [-0.2, 0) is 22.6 Å². The van der Waals surface area contributed by atoms with Crippen LogP contribution in [0.1, 0.15) is 66.4 Å². The average molecular weight is 602 g/mol. The average Bonchev–Trinajstić information content (AvgIpc) is 3.45. The molecule has 7 nitrogen and oxygen atoms in total. The van der Waals surface area contributed by atoms with Crippen molar-refractivity contribution in [1.29, 1.82) is 0 Å². The largest absolute Gasteiger partial charge is 0.497 e. The monoisotopic (exact) mass is 601 g/mol. The van der Waals surface area contributed by atoms with Gasteiger partial charge in [0.1, 0.15) is 17.6 Å². The third-order valence-corrected chi connectivity index (χ3v) is 8.79. The Morgan fingerprint density at radius 2 is 1.80 bits per heavy atom. The Bertz CT molecular complexity index is 1380. The van der Waals surface area contributed by atoms with E-state index in [0.29, 0.717) is 43.4 Å². The Kier molecular flexibility index (Phi) is 11.2. The van der Waals surface area contributed by atoms with Crippen LogP contribution in [0.2, 0.25) is 0 Å². The van der Waals surface area contributed by atoms with E-state index < -0.39 is 6.04 Å². The number of benzene rings is 3. The molecule has 3 aromatic carbocycles. The first kappa shape index (κ1) is 31.5. The van der Waals surface area contributed by atoms with E-state index in [0.717, 1.165) is 36.2 Å². The number of fused-ring (bicyclic) bond motifs is 1. The predicted octanol–water partition coefficient (Wildman–Crippen LogP) is 6.06. The molecular weight excluding hydrogens is 557 g/mol. The zero-order valence-corrected chi connectivity index (χ0v) is 25.6. The number of ether oxygens (including phenoxy) is 2. The molecule has 2 atom stereocenters. The number of amides is 2. The Labute approximate surface area is 260 Å². The Hall–Kier alpha value is -3.91. The van der Waals surface area contributed by atoms with Gasteiger partial charge in [-0.2, -0.15) is 0 Å². The van der Waals surface area contributed by atoms with Crippen LogP contribution in [-0.4, -0.2) is 50.7 Å². The number of hydrogen-bond donors (Lipinski definition) is 2. The van der Waals surface area contributed by atoms with E-state index in [1.807, 2.05) is 36.4 Å². The summed E-state index contributed by atoms with van der Waals surface area (Å²) in [6.07, 6.45) is 8.25. The Morgan fingerprint density at radius 3 is 2.59 bits per heavy atom. The minimum atomic E-state index is -0.688. The fourth-order valence-corrected chi connectivity index (χ4v) is 6.38. The number of halogens is 1. The molecule has 3 aromatic rings. The Balaban J connectivity index is 1.30. The van der Waals surface area contributed by atoms with Crippen LogP contribution in [0.15, 0.2) is 72.8 Å². The summed E-state index contributed by atoms with van der Waals surface area (Å²) < 4.78 is 25.3. The van der Waals surface area contributed by atoms with Gasteiger partial charge in [0.2, 0.25) is 5.91 Å². The topological polar surface area (TPSA) is 79.9 Å². The van der Waals surface area contributed by atoms with E-state index in [4.69, 9.17) is 9.47 Å². The number of anilines is 1. The second-order valence-electron chi connectivity index (χ2n) is 12.0. The van der Waals surface area contributed by atoms with Gasteiger partial charge in [-0.3, -0.25) is 9.59 Å². The normalized spacial score (nSPS) is 16.2. The molecule has 5 rings (SSSR count). The zero-order valence-electron chi connectivity index (χ0n) is 25.6. The molecule has 44 heavy (non-hydrogen) atoms. The molecule has 0 spiro atoms. The third-order valence-electron chi connectivity index (χ3n) is 8.79. The van der Waals surface area contributed by atoms with Crippen molar-refractivity contribution in [1.82, 2.24) is 10.6 Å². The van der Waals surface area contributed by atoms with Crippen molar-refractivity contribution in [3.63, 3.8) is 0 Å². The van der Waals surface area contributed by atoms with Gasteiger partial charge >= 0.3 is 0 Å². The summed E-state index contributed by atoms with van der Waals surface area (Å²) in [5.41, 5.74) is 3.45. The first-order valence-corrected chi connectivity index (χ1v) is 15.9. The van der Waals surface area contributed by atoms with Crippen molar-refractivity contribution in [2.24, 2.45) is 5.92 Å². The molecule has 1 saturated carbocycles. The molecule has 2 amide bonds. The summed E-state index contributed by atoms with van der Waals surface area (Å²) in [6.45, 7) is 1.97. The molecule has 2 aliphatic rings. The van der Waals surface area contributed by atoms with E-state index in [-0.39, 0.29) is 23.7 Å². The van der Waals surface area contributed by atoms with Crippen molar-refractivity contribution < 1.29 is 23.5 Å². The van der Waals surface area contributed by atoms with Gasteiger partial charge in [-0.25, -0.2) is 4.39 Å². The maximum atomic E-state index is 13.9. The van der Waals surface area contributed by atoms with Crippen molar-refractivity contribution in [3.8, 4) is 5.75 Å². The third kappa shape index (κ3) is 8.82. The van der Waals surface area contributed by atoms with Gasteiger partial charge in [-0.1, -0.05) is 68.5 Å². The zero-order chi connectivity index (χ0) is 30.7. The smallest absolute Gasteiger partial charge is 0.252 e. The van der Waals surface area contributed by atoms with Gasteiger partial charge in [0.05, 0.1) is 26.4 Å². The van der Waals surface area contributed by atoms with Gasteiger partial charge in [-0.05, 0) is 72.7 Å². The summed E-state index contributed by atoms with van der Waals surface area (Å²) in [7, 11) is 1.56. The predicted molar refractivity (Wildman–Crippen MR) is 170 cm³/mol. The van der Waals surface area contributed by atoms with Crippen molar-refractivity contribution in [3.05, 3.63) is 95.3 Å². The molecule has 0 unspecified atom stereocenters. The quantitative estimate of drug-likeness (QED) is 0.235. The van der Waals surface area contributed by atoms with Gasteiger partial charge < -0.3 is 25.0 Å². The van der Waals surface area contributed by atoms with E-state index in [1.165, 1.54) is 38.2 Å². The van der Waals surface area contributed by atoms with Gasteiger partial charge in [0, 0.05) is 24.3 Å². The molecular formula is C36H44FN3O4. The van der Waals surface area contributed by atoms with Crippen LogP contribution < -0.4 is 20.3 Å². The molecule has 0 saturated heterocycles. The van der Waals surface area contributed by atoms with E-state index in [1.54, 1.807) is 37.4 Å². The van der Waals surface area contributed by atoms with Crippen molar-refractivity contribution in [2.45, 2.75) is 70.1 Å². The summed E-state index contributed by atoms with van der Waals surface area (Å²) in [5, 5.41) is 6.24. The lowest BCUT2D eigenvalue weighted by Gasteiger charge is -2.29. The van der Waals surface area contributed by atoms with Crippen LogP contribution in [0.25, 0.3) is 0 Å². The van der Waals surface area contributed by atoms with E-state index in [2.05, 4.69) is 15.5 Å². The summed E-state index contributed by atoms with van der Waals surface area (Å²) in [5.74, 6) is 0.389. The summed E-state index contributed by atoms with van der Waals surface area (Å²) in [4.78, 5) is 29.4. The van der Waals surface area contributed by atoms with Gasteiger partial charge in [-0.15, -0.1) is 0 Å². The SMILES string of the molecule is COc1cccc(C(=O)N[C@@H](CCC2CCCCC2)C(=O)N[C@@H](COCc2ccccc2)CN2CCc3cc(F)ccc32)c1. The fourth-order valence-electron chi connectivity index (χ4n) is 6.38. The molecule has 2 N–H and O–H groups in total. The van der Waals surface area contributed by atoms with Crippen LogP contribution >= 0.6 is 0 Å². The fraction of sp³-hybridized carbons (Fsp3) is 0.444. The number of carbonyl (C=O) groups is 2. The van der Waals surface area contributed by atoms with Crippen molar-refractivity contribution >= 4 is 17.5 Å². The van der Waals surface area contributed by atoms with Gasteiger partial charge in [0.15, 0.2) is 0 Å². The summed E-state index contributed by atoms with van der Waals surface area (Å²) >= 11 is 0. The number of hydrogen-bond acceptors (Lipinski definition) is 5. The van der Waals surface area contributed by atoms with Crippen LogP contribution in [0.3, 0.4) is 0 Å². The molecule has 1 aliphatic carbocycles. The highest BCUT2D eigenvalue weighted by molar-refractivity contribution is 5.97. The lowest BCUT2D eigenvalue weighted by atomic mass is 9.85. The van der Waals surface area contributed by atoms with Crippen molar-refractivity contribution in [2.75, 3.05) is 31.7 Å². The number of nitrogens with zero attached hydrogens (tertiary/aromatic N) is 1. The van der Waals surface area contributed by atoms with E-state index >= 15 is 0 Å². The highest BCUT2D eigenvalue weighted by Crippen LogP contribution is 2.29. The van der Waals surface area contributed by atoms with Crippen LogP contribution in [0.4, 0.5) is 10.1 Å². The molecule has 8 heteroatoms. The molecule has 1 fully saturated rings. The number of nitrogens with one attached hydrogen (secondary N) is 2. The van der Waals surface area contributed by atoms with E-state index in [9.17, 15) is 14.0 Å². The highest BCUT2D eigenvalue weighted by Gasteiger charge is 2.28. The lowest BCUT2D eigenvalue weighted by Crippen LogP contribution is -2.53. The highest BCUT2D eigenvalue weighted by atomic mass is 19.1. The molecule has 0 aromatic heterocycles. The number of methoxy groups -OCH3 is 1. The minimum Gasteiger partial charge on any atom is -0.497 e. The van der Waals surface area contributed by atoms with Gasteiger partial charge in [0.25, 0.3) is 5.91 Å². The first-order chi connectivity index (χ1) is 21.5. The summed E-state index contributed by atoms with van der Waals surface area (Å²) in [6, 6.07) is 20.7. The Morgan fingerprint density at radius 1 is 0.977 bits per heavy atom. The molecule has 0 bridgehead atoms. The second kappa shape index (κ2) is 15.7. The molecule has 234 valence electrons. The van der Waals surface area contributed by atoms with Crippen LogP contribution in [0.5, 0.6) is 5.75 Å².